The van der Waals surface area contributed by atoms with Gasteiger partial charge in [0.25, 0.3) is 18.2 Å². The second kappa shape index (κ2) is 11.0. The first-order chi connectivity index (χ1) is 19.1. The number of fused-ring (bicyclic) bond motifs is 1. The molecule has 1 unspecified atom stereocenters. The highest BCUT2D eigenvalue weighted by molar-refractivity contribution is 6.34. The quantitative estimate of drug-likeness (QED) is 0.399. The molecule has 5 rings (SSSR count). The Morgan fingerprint density at radius 3 is 2.70 bits per heavy atom. The summed E-state index contributed by atoms with van der Waals surface area (Å²) in [7, 11) is 0. The Balaban J connectivity index is 1.42. The van der Waals surface area contributed by atoms with E-state index in [2.05, 4.69) is 25.5 Å². The average Bonchev–Trinajstić information content (AvgIpc) is 3.41. The molecule has 0 bridgehead atoms. The fourth-order valence-corrected chi connectivity index (χ4v) is 4.66. The van der Waals surface area contributed by atoms with E-state index in [1.165, 1.54) is 48.6 Å². The van der Waals surface area contributed by atoms with Gasteiger partial charge < -0.3 is 5.32 Å². The number of nitrogens with zero attached hydrogens (tertiary/aromatic N) is 5. The number of carbonyl (C=O) groups is 2. The third-order valence-electron chi connectivity index (χ3n) is 6.37. The van der Waals surface area contributed by atoms with Crippen molar-refractivity contribution in [2.24, 2.45) is 9.98 Å². The molecule has 1 aliphatic carbocycles. The molecule has 2 atom stereocenters. The van der Waals surface area contributed by atoms with Gasteiger partial charge in [-0.2, -0.15) is 4.99 Å². The fourth-order valence-electron chi connectivity index (χ4n) is 4.40. The summed E-state index contributed by atoms with van der Waals surface area (Å²) >= 11 is 6.30. The molecule has 3 aromatic rings. The number of hydrogen-bond acceptors (Lipinski definition) is 5. The third kappa shape index (κ3) is 5.22. The minimum absolute atomic E-state index is 0.0186. The monoisotopic (exact) mass is 570 g/mol. The summed E-state index contributed by atoms with van der Waals surface area (Å²) in [6.07, 6.45) is -0.674. The Morgan fingerprint density at radius 2 is 1.98 bits per heavy atom. The first kappa shape index (κ1) is 27.1. The molecule has 8 nitrogen and oxygen atoms in total. The van der Waals surface area contributed by atoms with Crippen LogP contribution in [-0.4, -0.2) is 50.8 Å². The van der Waals surface area contributed by atoms with Crippen LogP contribution in [0.25, 0.3) is 5.69 Å². The summed E-state index contributed by atoms with van der Waals surface area (Å²) in [5, 5.41) is 9.49. The zero-order valence-corrected chi connectivity index (χ0v) is 21.4. The normalized spacial score (nSPS) is 17.5. The minimum Gasteiger partial charge on any atom is -0.351 e. The van der Waals surface area contributed by atoms with Gasteiger partial charge in [-0.3, -0.25) is 14.2 Å². The number of carbonyl (C=O) groups excluding carboxylic acids is 2. The number of hydrogen-bond donors (Lipinski definition) is 1. The molecule has 1 N–H and O–H groups in total. The van der Waals surface area contributed by atoms with Gasteiger partial charge in [-0.15, -0.1) is 10.2 Å². The van der Waals surface area contributed by atoms with Gasteiger partial charge in [0, 0.05) is 6.54 Å². The highest BCUT2D eigenvalue weighted by Gasteiger charge is 2.34. The van der Waals surface area contributed by atoms with Gasteiger partial charge in [0.05, 0.1) is 33.5 Å². The summed E-state index contributed by atoms with van der Waals surface area (Å²) < 4.78 is 56.3. The van der Waals surface area contributed by atoms with Crippen molar-refractivity contribution in [2.75, 3.05) is 6.54 Å². The van der Waals surface area contributed by atoms with E-state index in [1.807, 2.05) is 0 Å². The van der Waals surface area contributed by atoms with Crippen molar-refractivity contribution in [3.63, 3.8) is 0 Å². The molecule has 2 amide bonds. The smallest absolute Gasteiger partial charge is 0.297 e. The highest BCUT2D eigenvalue weighted by Crippen LogP contribution is 2.29. The Morgan fingerprint density at radius 1 is 1.18 bits per heavy atom. The molecule has 2 aliphatic rings. The number of aliphatic imine (C=N–C) groups is 2. The molecule has 13 heteroatoms. The molecule has 1 aliphatic heterocycles. The van der Waals surface area contributed by atoms with Gasteiger partial charge in [-0.05, 0) is 54.5 Å². The van der Waals surface area contributed by atoms with Crippen molar-refractivity contribution in [3.8, 4) is 5.69 Å². The van der Waals surface area contributed by atoms with Crippen molar-refractivity contribution in [2.45, 2.75) is 25.4 Å². The predicted molar refractivity (Wildman–Crippen MR) is 139 cm³/mol. The Bertz CT molecular complexity index is 1650. The maximum Gasteiger partial charge on any atom is 0.297 e. The van der Waals surface area contributed by atoms with Crippen LogP contribution >= 0.6 is 11.6 Å². The molecule has 0 saturated heterocycles. The van der Waals surface area contributed by atoms with E-state index in [1.54, 1.807) is 13.0 Å². The lowest BCUT2D eigenvalue weighted by molar-refractivity contribution is -0.114. The second-order valence-electron chi connectivity index (χ2n) is 8.93. The summed E-state index contributed by atoms with van der Waals surface area (Å²) in [5.74, 6) is -3.50. The topological polar surface area (TPSA) is 102 Å². The molecule has 0 radical (unpaired) electrons. The largest absolute Gasteiger partial charge is 0.351 e. The van der Waals surface area contributed by atoms with Crippen molar-refractivity contribution in [1.29, 1.82) is 0 Å². The molecular weight excluding hydrogens is 552 g/mol. The van der Waals surface area contributed by atoms with Crippen LogP contribution in [0.5, 0.6) is 0 Å². The highest BCUT2D eigenvalue weighted by atomic mass is 35.5. The van der Waals surface area contributed by atoms with E-state index < -0.39 is 42.0 Å². The molecule has 2 aromatic carbocycles. The first-order valence-corrected chi connectivity index (χ1v) is 12.3. The van der Waals surface area contributed by atoms with Gasteiger partial charge in [0.1, 0.15) is 18.0 Å². The van der Waals surface area contributed by atoms with Crippen molar-refractivity contribution in [1.82, 2.24) is 20.1 Å². The van der Waals surface area contributed by atoms with Crippen LogP contribution in [0.4, 0.5) is 17.6 Å². The molecule has 1 aromatic heterocycles. The van der Waals surface area contributed by atoms with Crippen LogP contribution < -0.4 is 5.32 Å². The van der Waals surface area contributed by atoms with E-state index in [-0.39, 0.29) is 39.9 Å². The maximum atomic E-state index is 14.7. The summed E-state index contributed by atoms with van der Waals surface area (Å²) in [5.41, 5.74) is 1.06. The van der Waals surface area contributed by atoms with Gasteiger partial charge in [-0.25, -0.2) is 22.6 Å². The first-order valence-electron chi connectivity index (χ1n) is 11.9. The summed E-state index contributed by atoms with van der Waals surface area (Å²) in [4.78, 5) is 34.3. The predicted octanol–water partition coefficient (Wildman–Crippen LogP) is 5.12. The van der Waals surface area contributed by atoms with Crippen LogP contribution in [-0.2, 0) is 4.79 Å². The minimum atomic E-state index is -2.88. The number of amidine groups is 1. The summed E-state index contributed by atoms with van der Waals surface area (Å²) in [6.45, 7) is 1.44. The molecule has 40 heavy (non-hydrogen) atoms. The van der Waals surface area contributed by atoms with E-state index in [0.29, 0.717) is 11.1 Å². The number of alkyl halides is 3. The standard InChI is InChI=1S/C27H19ClF4N6O2/c1-13-5-8-20(30)22-21(13)27(40)36-24(35-22)18(14-3-2-4-15(29)9-14)11-33-26(39)17-7-6-16(10-19(17)28)38-12-34-37-25(38)23(31)32/h2-10,12,18,20,23H,11H2,1H3,(H,33,39)/t18-,20?/m0/s1. The zero-order chi connectivity index (χ0) is 28.6. The van der Waals surface area contributed by atoms with Crippen LogP contribution in [0.1, 0.15) is 41.0 Å². The number of benzene rings is 2. The fraction of sp³-hybridized carbons (Fsp3) is 0.185. The van der Waals surface area contributed by atoms with Gasteiger partial charge >= 0.3 is 0 Å². The van der Waals surface area contributed by atoms with Gasteiger partial charge in [0.15, 0.2) is 6.17 Å². The molecular formula is C27H19ClF4N6O2. The summed E-state index contributed by atoms with van der Waals surface area (Å²) in [6, 6.07) is 9.48. The maximum absolute atomic E-state index is 14.7. The Labute approximate surface area is 229 Å². The number of allylic oxidation sites excluding steroid dienone is 3. The van der Waals surface area contributed by atoms with E-state index in [4.69, 9.17) is 11.6 Å². The number of aromatic nitrogens is 3. The Kier molecular flexibility index (Phi) is 7.44. The molecule has 204 valence electrons. The van der Waals surface area contributed by atoms with Crippen LogP contribution in [0.3, 0.4) is 0 Å². The van der Waals surface area contributed by atoms with Gasteiger partial charge in [-0.1, -0.05) is 29.8 Å². The Hall–Kier alpha value is -4.45. The number of rotatable bonds is 7. The van der Waals surface area contributed by atoms with Crippen molar-refractivity contribution >= 4 is 35.0 Å². The van der Waals surface area contributed by atoms with Crippen LogP contribution in [0.15, 0.2) is 82.1 Å². The second-order valence-corrected chi connectivity index (χ2v) is 9.34. The lowest BCUT2D eigenvalue weighted by Gasteiger charge is -2.24. The van der Waals surface area contributed by atoms with Gasteiger partial charge in [0.2, 0.25) is 5.82 Å². The van der Waals surface area contributed by atoms with Crippen LogP contribution in [0, 0.1) is 5.82 Å². The van der Waals surface area contributed by atoms with Crippen molar-refractivity contribution in [3.05, 3.63) is 99.9 Å². The SMILES string of the molecule is CC1=C2C(=O)N=C([C@@H](CNC(=O)c3ccc(-n4cnnc4C(F)F)cc3Cl)c3cccc(F)c3)N=C2C(F)C=C1. The number of halogens is 5. The third-order valence-corrected chi connectivity index (χ3v) is 6.68. The molecule has 0 fully saturated rings. The molecule has 0 saturated carbocycles. The van der Waals surface area contributed by atoms with Crippen molar-refractivity contribution < 1.29 is 27.2 Å². The molecule has 2 heterocycles. The lowest BCUT2D eigenvalue weighted by atomic mass is 9.91. The number of nitrogens with one attached hydrogen (secondary N) is 1. The van der Waals surface area contributed by atoms with E-state index in [0.717, 1.165) is 10.9 Å². The number of amides is 2. The average molecular weight is 571 g/mol. The lowest BCUT2D eigenvalue weighted by Crippen LogP contribution is -2.36. The molecule has 0 spiro atoms. The van der Waals surface area contributed by atoms with Crippen LogP contribution in [0.2, 0.25) is 5.02 Å². The zero-order valence-electron chi connectivity index (χ0n) is 20.7. The van der Waals surface area contributed by atoms with E-state index >= 15 is 0 Å². The van der Waals surface area contributed by atoms with E-state index in [9.17, 15) is 27.2 Å².